The van der Waals surface area contributed by atoms with Crippen LogP contribution in [0.2, 0.25) is 0 Å². The van der Waals surface area contributed by atoms with E-state index < -0.39 is 6.10 Å². The van der Waals surface area contributed by atoms with E-state index in [2.05, 4.69) is 10.4 Å². The Hall–Kier alpha value is -1.92. The zero-order chi connectivity index (χ0) is 15.1. The fourth-order valence-corrected chi connectivity index (χ4v) is 1.83. The standard InChI is InChI=1S/C15H20FN3O2/c1-12-8-18-19(10-12)7-6-17-9-14(20)11-21-15-4-2-13(16)3-5-15/h2-5,8,10,14,17,20H,6-7,9,11H2,1H3/t14-/m0/s1. The van der Waals surface area contributed by atoms with Crippen molar-refractivity contribution in [2.45, 2.75) is 19.6 Å². The summed E-state index contributed by atoms with van der Waals surface area (Å²) in [7, 11) is 0. The van der Waals surface area contributed by atoms with Crippen LogP contribution in [0.1, 0.15) is 5.56 Å². The predicted molar refractivity (Wildman–Crippen MR) is 77.7 cm³/mol. The fraction of sp³-hybridized carbons (Fsp3) is 0.400. The van der Waals surface area contributed by atoms with Crippen molar-refractivity contribution in [2.24, 2.45) is 0 Å². The minimum Gasteiger partial charge on any atom is -0.491 e. The molecule has 0 fully saturated rings. The maximum absolute atomic E-state index is 12.7. The topological polar surface area (TPSA) is 59.3 Å². The van der Waals surface area contributed by atoms with Gasteiger partial charge in [0.25, 0.3) is 0 Å². The van der Waals surface area contributed by atoms with Crippen LogP contribution in [-0.4, -0.2) is 40.7 Å². The molecule has 2 N–H and O–H groups in total. The maximum atomic E-state index is 12.7. The van der Waals surface area contributed by atoms with Crippen molar-refractivity contribution in [2.75, 3.05) is 19.7 Å². The molecule has 114 valence electrons. The van der Waals surface area contributed by atoms with E-state index in [-0.39, 0.29) is 12.4 Å². The zero-order valence-corrected chi connectivity index (χ0v) is 12.0. The van der Waals surface area contributed by atoms with Crippen LogP contribution in [0, 0.1) is 12.7 Å². The summed E-state index contributed by atoms with van der Waals surface area (Å²) in [6, 6.07) is 5.73. The number of nitrogens with one attached hydrogen (secondary N) is 1. The Morgan fingerprint density at radius 1 is 1.38 bits per heavy atom. The highest BCUT2D eigenvalue weighted by molar-refractivity contribution is 5.22. The second-order valence-corrected chi connectivity index (χ2v) is 4.90. The Bertz CT molecular complexity index is 542. The molecule has 0 amide bonds. The van der Waals surface area contributed by atoms with Crippen LogP contribution < -0.4 is 10.1 Å². The van der Waals surface area contributed by atoms with E-state index in [1.165, 1.54) is 24.3 Å². The summed E-state index contributed by atoms with van der Waals surface area (Å²) in [5.74, 6) is 0.237. The van der Waals surface area contributed by atoms with E-state index >= 15 is 0 Å². The fourth-order valence-electron chi connectivity index (χ4n) is 1.83. The van der Waals surface area contributed by atoms with Crippen molar-refractivity contribution in [1.29, 1.82) is 0 Å². The summed E-state index contributed by atoms with van der Waals surface area (Å²) in [6.45, 7) is 4.06. The molecule has 0 saturated carbocycles. The lowest BCUT2D eigenvalue weighted by Crippen LogP contribution is -2.33. The van der Waals surface area contributed by atoms with Gasteiger partial charge < -0.3 is 15.2 Å². The molecule has 0 saturated heterocycles. The minimum absolute atomic E-state index is 0.166. The molecule has 1 heterocycles. The smallest absolute Gasteiger partial charge is 0.123 e. The lowest BCUT2D eigenvalue weighted by atomic mass is 10.3. The van der Waals surface area contributed by atoms with Gasteiger partial charge in [0.1, 0.15) is 24.3 Å². The van der Waals surface area contributed by atoms with Gasteiger partial charge in [0.2, 0.25) is 0 Å². The van der Waals surface area contributed by atoms with Gasteiger partial charge in [0.05, 0.1) is 12.7 Å². The Morgan fingerprint density at radius 2 is 2.14 bits per heavy atom. The molecule has 2 rings (SSSR count). The maximum Gasteiger partial charge on any atom is 0.123 e. The molecule has 1 aromatic carbocycles. The molecule has 0 unspecified atom stereocenters. The molecular weight excluding hydrogens is 273 g/mol. The highest BCUT2D eigenvalue weighted by Crippen LogP contribution is 2.11. The average molecular weight is 293 g/mol. The molecule has 6 heteroatoms. The second-order valence-electron chi connectivity index (χ2n) is 4.90. The van der Waals surface area contributed by atoms with E-state index in [1.54, 1.807) is 0 Å². The van der Waals surface area contributed by atoms with Crippen molar-refractivity contribution in [3.05, 3.63) is 48.0 Å². The van der Waals surface area contributed by atoms with Crippen LogP contribution in [0.15, 0.2) is 36.7 Å². The van der Waals surface area contributed by atoms with Gasteiger partial charge in [0.15, 0.2) is 0 Å². The van der Waals surface area contributed by atoms with Crippen molar-refractivity contribution in [3.63, 3.8) is 0 Å². The Labute approximate surface area is 123 Å². The molecule has 1 aromatic heterocycles. The van der Waals surface area contributed by atoms with Crippen LogP contribution in [0.3, 0.4) is 0 Å². The number of aliphatic hydroxyl groups is 1. The van der Waals surface area contributed by atoms with Crippen molar-refractivity contribution >= 4 is 0 Å². The molecule has 1 atom stereocenters. The van der Waals surface area contributed by atoms with Gasteiger partial charge in [-0.1, -0.05) is 0 Å². The number of rotatable bonds is 8. The third kappa shape index (κ3) is 5.53. The van der Waals surface area contributed by atoms with Crippen molar-refractivity contribution in [3.8, 4) is 5.75 Å². The lowest BCUT2D eigenvalue weighted by Gasteiger charge is -2.13. The number of aliphatic hydroxyl groups excluding tert-OH is 1. The molecule has 5 nitrogen and oxygen atoms in total. The van der Waals surface area contributed by atoms with Gasteiger partial charge in [-0.15, -0.1) is 0 Å². The quantitative estimate of drug-likeness (QED) is 0.722. The Morgan fingerprint density at radius 3 is 2.81 bits per heavy atom. The SMILES string of the molecule is Cc1cnn(CCNC[C@H](O)COc2ccc(F)cc2)c1. The number of hydrogen-bond acceptors (Lipinski definition) is 4. The Balaban J connectivity index is 1.59. The molecule has 0 spiro atoms. The first kappa shape index (κ1) is 15.5. The molecule has 0 radical (unpaired) electrons. The van der Waals surface area contributed by atoms with E-state index in [9.17, 15) is 9.50 Å². The molecule has 21 heavy (non-hydrogen) atoms. The first-order chi connectivity index (χ1) is 10.1. The average Bonchev–Trinajstić information content (AvgIpc) is 2.89. The van der Waals surface area contributed by atoms with Crippen LogP contribution in [0.5, 0.6) is 5.75 Å². The summed E-state index contributed by atoms with van der Waals surface area (Å²) in [5.41, 5.74) is 1.13. The van der Waals surface area contributed by atoms with Gasteiger partial charge in [0, 0.05) is 19.3 Å². The van der Waals surface area contributed by atoms with Gasteiger partial charge >= 0.3 is 0 Å². The van der Waals surface area contributed by atoms with Crippen LogP contribution in [0.4, 0.5) is 4.39 Å². The third-order valence-electron chi connectivity index (χ3n) is 2.92. The summed E-state index contributed by atoms with van der Waals surface area (Å²) in [5, 5.41) is 17.1. The second kappa shape index (κ2) is 7.75. The summed E-state index contributed by atoms with van der Waals surface area (Å²) >= 11 is 0. The van der Waals surface area contributed by atoms with Gasteiger partial charge in [-0.05, 0) is 36.8 Å². The number of benzene rings is 1. The molecular formula is C15H20FN3O2. The van der Waals surface area contributed by atoms with Gasteiger partial charge in [-0.3, -0.25) is 4.68 Å². The van der Waals surface area contributed by atoms with Crippen LogP contribution in [-0.2, 0) is 6.54 Å². The molecule has 0 aliphatic heterocycles. The number of ether oxygens (including phenoxy) is 1. The van der Waals surface area contributed by atoms with E-state index in [1.807, 2.05) is 24.0 Å². The monoisotopic (exact) mass is 293 g/mol. The van der Waals surface area contributed by atoms with E-state index in [4.69, 9.17) is 4.74 Å². The van der Waals surface area contributed by atoms with Gasteiger partial charge in [-0.2, -0.15) is 5.10 Å². The molecule has 0 aliphatic rings. The Kier molecular flexibility index (Phi) is 5.71. The normalized spacial score (nSPS) is 12.3. The number of halogens is 1. The number of hydrogen-bond donors (Lipinski definition) is 2. The van der Waals surface area contributed by atoms with Crippen LogP contribution in [0.25, 0.3) is 0 Å². The zero-order valence-electron chi connectivity index (χ0n) is 12.0. The minimum atomic E-state index is -0.616. The van der Waals surface area contributed by atoms with Crippen molar-refractivity contribution in [1.82, 2.24) is 15.1 Å². The predicted octanol–water partition coefficient (Wildman–Crippen LogP) is 1.36. The summed E-state index contributed by atoms with van der Waals surface area (Å²) < 4.78 is 19.9. The largest absolute Gasteiger partial charge is 0.491 e. The number of aryl methyl sites for hydroxylation is 1. The number of aromatic nitrogens is 2. The molecule has 2 aromatic rings. The van der Waals surface area contributed by atoms with Crippen LogP contribution >= 0.6 is 0 Å². The number of nitrogens with zero attached hydrogens (tertiary/aromatic N) is 2. The molecule has 0 bridgehead atoms. The third-order valence-corrected chi connectivity index (χ3v) is 2.92. The highest BCUT2D eigenvalue weighted by atomic mass is 19.1. The lowest BCUT2D eigenvalue weighted by molar-refractivity contribution is 0.106. The highest BCUT2D eigenvalue weighted by Gasteiger charge is 2.05. The van der Waals surface area contributed by atoms with Gasteiger partial charge in [-0.25, -0.2) is 4.39 Å². The first-order valence-corrected chi connectivity index (χ1v) is 6.89. The van der Waals surface area contributed by atoms with Crippen molar-refractivity contribution < 1.29 is 14.2 Å². The first-order valence-electron chi connectivity index (χ1n) is 6.89. The van der Waals surface area contributed by atoms with E-state index in [0.717, 1.165) is 12.1 Å². The summed E-state index contributed by atoms with van der Waals surface area (Å²) in [6.07, 6.45) is 3.16. The summed E-state index contributed by atoms with van der Waals surface area (Å²) in [4.78, 5) is 0. The van der Waals surface area contributed by atoms with E-state index in [0.29, 0.717) is 18.8 Å². The molecule has 0 aliphatic carbocycles.